The number of benzene rings is 1. The molecule has 0 bridgehead atoms. The van der Waals surface area contributed by atoms with Gasteiger partial charge in [-0.05, 0) is 18.1 Å². The van der Waals surface area contributed by atoms with Crippen molar-refractivity contribution >= 4 is 0 Å². The van der Waals surface area contributed by atoms with E-state index in [-0.39, 0.29) is 0 Å². The lowest BCUT2D eigenvalue weighted by atomic mass is 10.1. The number of nitrogens with zero attached hydrogens (tertiary/aromatic N) is 2. The van der Waals surface area contributed by atoms with E-state index in [0.29, 0.717) is 0 Å². The Bertz CT molecular complexity index is 382. The van der Waals surface area contributed by atoms with Crippen LogP contribution in [-0.4, -0.2) is 10.1 Å². The Labute approximate surface area is 76.4 Å². The van der Waals surface area contributed by atoms with E-state index in [1.54, 1.807) is 0 Å². The summed E-state index contributed by atoms with van der Waals surface area (Å²) in [5, 5.41) is 3.77. The molecule has 0 saturated heterocycles. The largest absolute Gasteiger partial charge is 0.343 e. The first-order valence-electron chi connectivity index (χ1n) is 4.16. The molecular weight excluding hydrogens is 164 g/mol. The first-order valence-corrected chi connectivity index (χ1v) is 4.16. The van der Waals surface area contributed by atoms with E-state index >= 15 is 0 Å². The number of hydrogen-bond acceptors (Lipinski definition) is 3. The molecule has 13 heavy (non-hydrogen) atoms. The van der Waals surface area contributed by atoms with Crippen LogP contribution in [0.5, 0.6) is 0 Å². The Morgan fingerprint density at radius 3 is 2.85 bits per heavy atom. The maximum absolute atomic E-state index is 4.67. The van der Waals surface area contributed by atoms with Crippen molar-refractivity contribution < 1.29 is 4.52 Å². The number of aromatic nitrogens is 2. The molecular formula is C10H10N2O. The Kier molecular flexibility index (Phi) is 2.08. The van der Waals surface area contributed by atoms with Crippen LogP contribution in [0.4, 0.5) is 0 Å². The van der Waals surface area contributed by atoms with E-state index in [1.807, 2.05) is 12.1 Å². The van der Waals surface area contributed by atoms with Crippen molar-refractivity contribution in [1.82, 2.24) is 10.1 Å². The summed E-state index contributed by atoms with van der Waals surface area (Å²) in [7, 11) is 0. The minimum absolute atomic E-state index is 0.731. The quantitative estimate of drug-likeness (QED) is 0.698. The molecule has 0 spiro atoms. The highest BCUT2D eigenvalue weighted by molar-refractivity contribution is 5.27. The number of rotatable bonds is 2. The monoisotopic (exact) mass is 174 g/mol. The van der Waals surface area contributed by atoms with E-state index in [0.717, 1.165) is 12.2 Å². The molecule has 1 heterocycles. The van der Waals surface area contributed by atoms with E-state index in [1.165, 1.54) is 17.5 Å². The molecule has 2 rings (SSSR count). The molecule has 3 nitrogen and oxygen atoms in total. The van der Waals surface area contributed by atoms with Gasteiger partial charge in [0, 0.05) is 6.42 Å². The summed E-state index contributed by atoms with van der Waals surface area (Å²) in [6, 6.07) is 8.19. The van der Waals surface area contributed by atoms with Gasteiger partial charge in [-0.1, -0.05) is 29.4 Å². The molecule has 0 fully saturated rings. The molecule has 0 radical (unpaired) electrons. The molecule has 0 unspecified atom stereocenters. The second kappa shape index (κ2) is 3.39. The maximum Gasteiger partial charge on any atom is 0.213 e. The van der Waals surface area contributed by atoms with Crippen molar-refractivity contribution in [2.45, 2.75) is 13.3 Å². The SMILES string of the molecule is Cc1ccccc1Cc1ncon1. The van der Waals surface area contributed by atoms with Crippen LogP contribution in [0.1, 0.15) is 17.0 Å². The lowest BCUT2D eigenvalue weighted by Gasteiger charge is -2.00. The second-order valence-electron chi connectivity index (χ2n) is 2.95. The fraction of sp³-hybridized carbons (Fsp3) is 0.200. The summed E-state index contributed by atoms with van der Waals surface area (Å²) >= 11 is 0. The third-order valence-corrected chi connectivity index (χ3v) is 2.02. The summed E-state index contributed by atoms with van der Waals surface area (Å²) in [5.41, 5.74) is 2.50. The van der Waals surface area contributed by atoms with Crippen LogP contribution >= 0.6 is 0 Å². The van der Waals surface area contributed by atoms with Crippen LogP contribution < -0.4 is 0 Å². The molecule has 0 aliphatic heterocycles. The molecule has 0 amide bonds. The number of hydrogen-bond donors (Lipinski definition) is 0. The van der Waals surface area contributed by atoms with Crippen LogP contribution in [0.15, 0.2) is 35.2 Å². The molecule has 0 N–H and O–H groups in total. The third kappa shape index (κ3) is 1.75. The van der Waals surface area contributed by atoms with Gasteiger partial charge in [-0.25, -0.2) is 0 Å². The lowest BCUT2D eigenvalue weighted by Crippen LogP contribution is -1.92. The third-order valence-electron chi connectivity index (χ3n) is 2.02. The molecule has 2 aromatic rings. The molecule has 1 aromatic heterocycles. The topological polar surface area (TPSA) is 38.9 Å². The predicted octanol–water partition coefficient (Wildman–Crippen LogP) is 1.97. The van der Waals surface area contributed by atoms with E-state index in [2.05, 4.69) is 33.7 Å². The summed E-state index contributed by atoms with van der Waals surface area (Å²) in [5.74, 6) is 0.731. The average Bonchev–Trinajstić information content (AvgIpc) is 2.61. The summed E-state index contributed by atoms with van der Waals surface area (Å²) in [4.78, 5) is 3.97. The molecule has 3 heteroatoms. The minimum atomic E-state index is 0.731. The van der Waals surface area contributed by atoms with Crippen molar-refractivity contribution in [2.75, 3.05) is 0 Å². The Hall–Kier alpha value is -1.64. The van der Waals surface area contributed by atoms with Gasteiger partial charge in [0.15, 0.2) is 5.82 Å². The molecule has 0 aliphatic carbocycles. The second-order valence-corrected chi connectivity index (χ2v) is 2.95. The molecule has 0 atom stereocenters. The van der Waals surface area contributed by atoms with Gasteiger partial charge in [0.1, 0.15) is 0 Å². The average molecular weight is 174 g/mol. The van der Waals surface area contributed by atoms with Crippen molar-refractivity contribution in [3.63, 3.8) is 0 Å². The fourth-order valence-corrected chi connectivity index (χ4v) is 1.25. The van der Waals surface area contributed by atoms with Gasteiger partial charge in [0.05, 0.1) is 0 Å². The highest BCUT2D eigenvalue weighted by atomic mass is 16.5. The van der Waals surface area contributed by atoms with Gasteiger partial charge in [0.25, 0.3) is 0 Å². The Balaban J connectivity index is 2.24. The molecule has 1 aromatic carbocycles. The van der Waals surface area contributed by atoms with Gasteiger partial charge in [0.2, 0.25) is 6.39 Å². The van der Waals surface area contributed by atoms with Crippen molar-refractivity contribution in [3.05, 3.63) is 47.6 Å². The zero-order valence-corrected chi connectivity index (χ0v) is 7.40. The first-order chi connectivity index (χ1) is 6.36. The first kappa shape index (κ1) is 7.98. The van der Waals surface area contributed by atoms with Crippen LogP contribution in [0.3, 0.4) is 0 Å². The van der Waals surface area contributed by atoms with Crippen LogP contribution in [0.2, 0.25) is 0 Å². The van der Waals surface area contributed by atoms with Crippen molar-refractivity contribution in [1.29, 1.82) is 0 Å². The van der Waals surface area contributed by atoms with E-state index in [9.17, 15) is 0 Å². The highest BCUT2D eigenvalue weighted by Crippen LogP contribution is 2.10. The number of aryl methyl sites for hydroxylation is 1. The molecule has 0 aliphatic rings. The zero-order valence-electron chi connectivity index (χ0n) is 7.40. The normalized spacial score (nSPS) is 10.2. The van der Waals surface area contributed by atoms with Crippen LogP contribution in [0, 0.1) is 6.92 Å². The van der Waals surface area contributed by atoms with Gasteiger partial charge >= 0.3 is 0 Å². The lowest BCUT2D eigenvalue weighted by molar-refractivity contribution is 0.411. The van der Waals surface area contributed by atoms with Gasteiger partial charge < -0.3 is 4.52 Å². The van der Waals surface area contributed by atoms with Gasteiger partial charge in [-0.15, -0.1) is 0 Å². The van der Waals surface area contributed by atoms with E-state index < -0.39 is 0 Å². The summed E-state index contributed by atoms with van der Waals surface area (Å²) in [6.45, 7) is 2.08. The van der Waals surface area contributed by atoms with Crippen LogP contribution in [-0.2, 0) is 6.42 Å². The van der Waals surface area contributed by atoms with Gasteiger partial charge in [-0.2, -0.15) is 4.98 Å². The highest BCUT2D eigenvalue weighted by Gasteiger charge is 2.02. The molecule has 66 valence electrons. The van der Waals surface area contributed by atoms with Crippen LogP contribution in [0.25, 0.3) is 0 Å². The summed E-state index contributed by atoms with van der Waals surface area (Å²) in [6.07, 6.45) is 2.09. The minimum Gasteiger partial charge on any atom is -0.343 e. The Morgan fingerprint density at radius 2 is 2.15 bits per heavy atom. The predicted molar refractivity (Wildman–Crippen MR) is 48.3 cm³/mol. The maximum atomic E-state index is 4.67. The van der Waals surface area contributed by atoms with E-state index in [4.69, 9.17) is 0 Å². The standard InChI is InChI=1S/C10H10N2O/c1-8-4-2-3-5-9(8)6-10-11-7-13-12-10/h2-5,7H,6H2,1H3. The smallest absolute Gasteiger partial charge is 0.213 e. The summed E-state index contributed by atoms with van der Waals surface area (Å²) < 4.78 is 4.67. The Morgan fingerprint density at radius 1 is 1.31 bits per heavy atom. The fourth-order valence-electron chi connectivity index (χ4n) is 1.25. The van der Waals surface area contributed by atoms with Gasteiger partial charge in [-0.3, -0.25) is 0 Å². The van der Waals surface area contributed by atoms with Crippen molar-refractivity contribution in [3.8, 4) is 0 Å². The molecule has 0 saturated carbocycles. The van der Waals surface area contributed by atoms with Crippen molar-refractivity contribution in [2.24, 2.45) is 0 Å². The zero-order chi connectivity index (χ0) is 9.10.